The lowest BCUT2D eigenvalue weighted by Crippen LogP contribution is -2.16. The Balaban J connectivity index is 1.81. The van der Waals surface area contributed by atoms with Crippen molar-refractivity contribution in [3.05, 3.63) is 77.1 Å². The summed E-state index contributed by atoms with van der Waals surface area (Å²) >= 11 is 0. The monoisotopic (exact) mass is 371 g/mol. The standard InChI is InChI=1S/C22H21N5O/c1-14(2)16-8-10-18(11-9-16)25-22-24-15(3)12-20(27-22)21(28)26-19-7-5-4-6-17(19)13-23/h4-12,14H,1-3H3,(H,26,28)(H,24,25,27). The van der Waals surface area contributed by atoms with Crippen molar-refractivity contribution in [3.8, 4) is 6.07 Å². The minimum Gasteiger partial charge on any atom is -0.324 e. The second-order valence-corrected chi connectivity index (χ2v) is 6.73. The van der Waals surface area contributed by atoms with Gasteiger partial charge in [-0.25, -0.2) is 9.97 Å². The smallest absolute Gasteiger partial charge is 0.274 e. The minimum absolute atomic E-state index is 0.224. The molecule has 0 saturated carbocycles. The maximum absolute atomic E-state index is 12.6. The summed E-state index contributed by atoms with van der Waals surface area (Å²) in [5, 5.41) is 15.0. The summed E-state index contributed by atoms with van der Waals surface area (Å²) in [5.74, 6) is 0.401. The van der Waals surface area contributed by atoms with E-state index in [4.69, 9.17) is 0 Å². The molecule has 1 amide bonds. The number of nitrogens with one attached hydrogen (secondary N) is 2. The van der Waals surface area contributed by atoms with E-state index >= 15 is 0 Å². The SMILES string of the molecule is Cc1cc(C(=O)Nc2ccccc2C#N)nc(Nc2ccc(C(C)C)cc2)n1. The molecule has 0 saturated heterocycles. The molecule has 0 bridgehead atoms. The normalized spacial score (nSPS) is 10.4. The summed E-state index contributed by atoms with van der Waals surface area (Å²) < 4.78 is 0. The number of hydrogen-bond acceptors (Lipinski definition) is 5. The number of carbonyl (C=O) groups is 1. The van der Waals surface area contributed by atoms with Gasteiger partial charge in [0, 0.05) is 11.4 Å². The van der Waals surface area contributed by atoms with Gasteiger partial charge < -0.3 is 10.6 Å². The molecule has 2 N–H and O–H groups in total. The van der Waals surface area contributed by atoms with E-state index in [9.17, 15) is 10.1 Å². The Morgan fingerprint density at radius 3 is 2.46 bits per heavy atom. The molecule has 0 unspecified atom stereocenters. The molecule has 140 valence electrons. The van der Waals surface area contributed by atoms with Gasteiger partial charge in [-0.15, -0.1) is 0 Å². The van der Waals surface area contributed by atoms with E-state index in [2.05, 4.69) is 52.7 Å². The Hall–Kier alpha value is -3.72. The van der Waals surface area contributed by atoms with E-state index in [1.54, 1.807) is 37.3 Å². The second kappa shape index (κ2) is 8.31. The Bertz CT molecular complexity index is 1040. The van der Waals surface area contributed by atoms with Gasteiger partial charge in [-0.05, 0) is 48.7 Å². The summed E-state index contributed by atoms with van der Waals surface area (Å²) in [6.45, 7) is 6.08. The summed E-state index contributed by atoms with van der Waals surface area (Å²) in [4.78, 5) is 21.3. The first kappa shape index (κ1) is 19.1. The van der Waals surface area contributed by atoms with Gasteiger partial charge in [0.1, 0.15) is 11.8 Å². The van der Waals surface area contributed by atoms with Gasteiger partial charge in [-0.3, -0.25) is 4.79 Å². The molecule has 3 aromatic rings. The maximum atomic E-state index is 12.6. The number of benzene rings is 2. The van der Waals surface area contributed by atoms with Crippen molar-refractivity contribution >= 4 is 23.2 Å². The van der Waals surface area contributed by atoms with Crippen molar-refractivity contribution in [3.63, 3.8) is 0 Å². The topological polar surface area (TPSA) is 90.7 Å². The first-order valence-corrected chi connectivity index (χ1v) is 8.99. The van der Waals surface area contributed by atoms with Crippen molar-refractivity contribution in [1.82, 2.24) is 9.97 Å². The van der Waals surface area contributed by atoms with Crippen LogP contribution in [0.5, 0.6) is 0 Å². The molecule has 0 aliphatic heterocycles. The predicted molar refractivity (Wildman–Crippen MR) is 110 cm³/mol. The third-order valence-corrected chi connectivity index (χ3v) is 4.22. The molecule has 6 heteroatoms. The van der Waals surface area contributed by atoms with Gasteiger partial charge in [-0.1, -0.05) is 38.1 Å². The van der Waals surface area contributed by atoms with E-state index in [-0.39, 0.29) is 5.69 Å². The highest BCUT2D eigenvalue weighted by molar-refractivity contribution is 6.03. The molecular formula is C22H21N5O. The zero-order valence-corrected chi connectivity index (χ0v) is 16.0. The number of carbonyl (C=O) groups excluding carboxylic acids is 1. The van der Waals surface area contributed by atoms with Crippen molar-refractivity contribution in [2.75, 3.05) is 10.6 Å². The number of nitriles is 1. The highest BCUT2D eigenvalue weighted by Gasteiger charge is 2.13. The number of nitrogens with zero attached hydrogens (tertiary/aromatic N) is 3. The zero-order valence-electron chi connectivity index (χ0n) is 16.0. The van der Waals surface area contributed by atoms with E-state index in [0.717, 1.165) is 5.69 Å². The molecule has 28 heavy (non-hydrogen) atoms. The third kappa shape index (κ3) is 4.51. The summed E-state index contributed by atoms with van der Waals surface area (Å²) in [5.41, 5.74) is 3.81. The zero-order chi connectivity index (χ0) is 20.1. The van der Waals surface area contributed by atoms with Crippen LogP contribution in [0.15, 0.2) is 54.6 Å². The molecule has 0 radical (unpaired) electrons. The fourth-order valence-corrected chi connectivity index (χ4v) is 2.70. The number of aromatic nitrogens is 2. The van der Waals surface area contributed by atoms with Gasteiger partial charge in [0.15, 0.2) is 0 Å². The molecule has 1 aromatic heterocycles. The van der Waals surface area contributed by atoms with E-state index in [1.807, 2.05) is 12.1 Å². The Kier molecular flexibility index (Phi) is 5.66. The Labute approximate surface area is 164 Å². The molecule has 0 aliphatic carbocycles. The van der Waals surface area contributed by atoms with Crippen LogP contribution in [0.25, 0.3) is 0 Å². The van der Waals surface area contributed by atoms with Crippen LogP contribution < -0.4 is 10.6 Å². The van der Waals surface area contributed by atoms with Crippen LogP contribution in [-0.4, -0.2) is 15.9 Å². The minimum atomic E-state index is -0.397. The van der Waals surface area contributed by atoms with E-state index in [1.165, 1.54) is 5.56 Å². The lowest BCUT2D eigenvalue weighted by atomic mass is 10.0. The van der Waals surface area contributed by atoms with Gasteiger partial charge in [0.25, 0.3) is 5.91 Å². The van der Waals surface area contributed by atoms with E-state index < -0.39 is 5.91 Å². The third-order valence-electron chi connectivity index (χ3n) is 4.22. The van der Waals surface area contributed by atoms with Gasteiger partial charge >= 0.3 is 0 Å². The summed E-state index contributed by atoms with van der Waals surface area (Å²) in [7, 11) is 0. The largest absolute Gasteiger partial charge is 0.324 e. The van der Waals surface area contributed by atoms with Crippen LogP contribution in [0.4, 0.5) is 17.3 Å². The second-order valence-electron chi connectivity index (χ2n) is 6.73. The van der Waals surface area contributed by atoms with Crippen LogP contribution in [0.2, 0.25) is 0 Å². The Morgan fingerprint density at radius 1 is 1.07 bits per heavy atom. The first-order valence-electron chi connectivity index (χ1n) is 8.99. The van der Waals surface area contributed by atoms with Crippen molar-refractivity contribution in [2.45, 2.75) is 26.7 Å². The predicted octanol–water partition coefficient (Wildman–Crippen LogP) is 4.78. The molecular weight excluding hydrogens is 350 g/mol. The number of amides is 1. The van der Waals surface area contributed by atoms with Crippen molar-refractivity contribution in [2.24, 2.45) is 0 Å². The van der Waals surface area contributed by atoms with Crippen LogP contribution in [-0.2, 0) is 0 Å². The fourth-order valence-electron chi connectivity index (χ4n) is 2.70. The van der Waals surface area contributed by atoms with Gasteiger partial charge in [0.05, 0.1) is 11.3 Å². The highest BCUT2D eigenvalue weighted by Crippen LogP contribution is 2.20. The quantitative estimate of drug-likeness (QED) is 0.674. The summed E-state index contributed by atoms with van der Waals surface area (Å²) in [6.07, 6.45) is 0. The molecule has 6 nitrogen and oxygen atoms in total. The van der Waals surface area contributed by atoms with E-state index in [0.29, 0.717) is 28.8 Å². The average Bonchev–Trinajstić information content (AvgIpc) is 2.68. The van der Waals surface area contributed by atoms with Crippen LogP contribution in [0, 0.1) is 18.3 Å². The number of para-hydroxylation sites is 1. The van der Waals surface area contributed by atoms with Crippen LogP contribution in [0.1, 0.15) is 47.1 Å². The highest BCUT2D eigenvalue weighted by atomic mass is 16.1. The molecule has 0 fully saturated rings. The number of rotatable bonds is 5. The first-order chi connectivity index (χ1) is 13.5. The van der Waals surface area contributed by atoms with Crippen molar-refractivity contribution in [1.29, 1.82) is 5.26 Å². The molecule has 3 rings (SSSR count). The fraction of sp³-hybridized carbons (Fsp3) is 0.182. The van der Waals surface area contributed by atoms with Gasteiger partial charge in [-0.2, -0.15) is 5.26 Å². The lowest BCUT2D eigenvalue weighted by Gasteiger charge is -2.11. The van der Waals surface area contributed by atoms with Crippen molar-refractivity contribution < 1.29 is 4.79 Å². The van der Waals surface area contributed by atoms with Gasteiger partial charge in [0.2, 0.25) is 5.95 Å². The van der Waals surface area contributed by atoms with Crippen LogP contribution in [0.3, 0.4) is 0 Å². The summed E-state index contributed by atoms with van der Waals surface area (Å²) in [6, 6.07) is 18.5. The number of aryl methyl sites for hydroxylation is 1. The molecule has 0 aliphatic rings. The molecule has 2 aromatic carbocycles. The van der Waals surface area contributed by atoms with Crippen LogP contribution >= 0.6 is 0 Å². The number of anilines is 3. The maximum Gasteiger partial charge on any atom is 0.274 e. The Morgan fingerprint density at radius 2 is 1.79 bits per heavy atom. The lowest BCUT2D eigenvalue weighted by molar-refractivity contribution is 0.102. The average molecular weight is 371 g/mol. The molecule has 0 atom stereocenters. The number of hydrogen-bond donors (Lipinski definition) is 2. The molecule has 1 heterocycles. The molecule has 0 spiro atoms.